The second kappa shape index (κ2) is 8.48. The van der Waals surface area contributed by atoms with E-state index in [0.717, 1.165) is 29.9 Å². The van der Waals surface area contributed by atoms with Crippen molar-refractivity contribution >= 4 is 23.4 Å². The molecule has 0 aromatic heterocycles. The molecule has 0 heterocycles. The Balaban J connectivity index is 1.67. The summed E-state index contributed by atoms with van der Waals surface area (Å²) in [7, 11) is 0. The molecule has 0 aliphatic heterocycles. The summed E-state index contributed by atoms with van der Waals surface area (Å²) in [6, 6.07) is 9.53. The lowest BCUT2D eigenvalue weighted by atomic mass is 9.99. The van der Waals surface area contributed by atoms with Gasteiger partial charge in [0.15, 0.2) is 0 Å². The second-order valence-electron chi connectivity index (χ2n) is 5.08. The number of rotatable bonds is 5. The average Bonchev–Trinajstić information content (AvgIpc) is 2.54. The van der Waals surface area contributed by atoms with Gasteiger partial charge in [-0.05, 0) is 43.4 Å². The van der Waals surface area contributed by atoms with E-state index in [1.165, 1.54) is 19.3 Å². The minimum Gasteiger partial charge on any atom is -0.272 e. The number of nitrogens with zero attached hydrogens (tertiary/aromatic N) is 2. The Morgan fingerprint density at radius 2 is 1.95 bits per heavy atom. The van der Waals surface area contributed by atoms with Crippen molar-refractivity contribution in [2.75, 3.05) is 5.75 Å². The van der Waals surface area contributed by atoms with Crippen LogP contribution in [0.1, 0.15) is 43.2 Å². The van der Waals surface area contributed by atoms with E-state index in [1.54, 1.807) is 23.9 Å². The molecule has 110 valence electrons. The summed E-state index contributed by atoms with van der Waals surface area (Å²) in [5.41, 5.74) is 5.53. The Morgan fingerprint density at radius 3 is 2.62 bits per heavy atom. The molecule has 1 N–H and O–H groups in total. The van der Waals surface area contributed by atoms with E-state index in [1.807, 2.05) is 12.1 Å². The Kier molecular flexibility index (Phi) is 6.29. The zero-order valence-electron chi connectivity index (χ0n) is 12.0. The first-order valence-electron chi connectivity index (χ1n) is 7.19. The quantitative estimate of drug-likeness (QED) is 0.849. The van der Waals surface area contributed by atoms with Gasteiger partial charge in [-0.3, -0.25) is 4.79 Å². The highest BCUT2D eigenvalue weighted by Crippen LogP contribution is 2.15. The van der Waals surface area contributed by atoms with Gasteiger partial charge in [-0.2, -0.15) is 10.4 Å². The fourth-order valence-electron chi connectivity index (χ4n) is 2.18. The summed E-state index contributed by atoms with van der Waals surface area (Å²) >= 11 is 1.55. The molecule has 0 atom stereocenters. The SMILES string of the molecule is N#Cc1ccc(CSCC(=O)NN=C2CCCCC2)cc1. The molecule has 0 radical (unpaired) electrons. The molecule has 0 unspecified atom stereocenters. The van der Waals surface area contributed by atoms with Crippen molar-refractivity contribution in [1.29, 1.82) is 5.26 Å². The van der Waals surface area contributed by atoms with E-state index in [0.29, 0.717) is 11.3 Å². The Morgan fingerprint density at radius 1 is 1.24 bits per heavy atom. The van der Waals surface area contributed by atoms with Gasteiger partial charge < -0.3 is 0 Å². The number of carbonyl (C=O) groups excluding carboxylic acids is 1. The van der Waals surface area contributed by atoms with Gasteiger partial charge in [0, 0.05) is 11.5 Å². The number of hydrogen-bond donors (Lipinski definition) is 1. The van der Waals surface area contributed by atoms with Crippen LogP contribution < -0.4 is 5.43 Å². The van der Waals surface area contributed by atoms with Crippen LogP contribution in [0.2, 0.25) is 0 Å². The highest BCUT2D eigenvalue weighted by atomic mass is 32.2. The molecule has 1 saturated carbocycles. The summed E-state index contributed by atoms with van der Waals surface area (Å²) in [5, 5.41) is 12.9. The fraction of sp³-hybridized carbons (Fsp3) is 0.438. The van der Waals surface area contributed by atoms with Crippen LogP contribution in [0.4, 0.5) is 0 Å². The summed E-state index contributed by atoms with van der Waals surface area (Å²) in [6.07, 6.45) is 5.66. The van der Waals surface area contributed by atoms with Crippen molar-refractivity contribution < 1.29 is 4.79 Å². The van der Waals surface area contributed by atoms with Crippen molar-refractivity contribution in [3.05, 3.63) is 35.4 Å². The van der Waals surface area contributed by atoms with Crippen LogP contribution in [-0.2, 0) is 10.5 Å². The zero-order chi connectivity index (χ0) is 14.9. The zero-order valence-corrected chi connectivity index (χ0v) is 12.8. The predicted octanol–water partition coefficient (Wildman–Crippen LogP) is 3.23. The molecule has 21 heavy (non-hydrogen) atoms. The maximum Gasteiger partial charge on any atom is 0.250 e. The summed E-state index contributed by atoms with van der Waals surface area (Å²) in [5.74, 6) is 1.11. The Labute approximate surface area is 129 Å². The maximum absolute atomic E-state index is 11.7. The number of hydrogen-bond acceptors (Lipinski definition) is 4. The lowest BCUT2D eigenvalue weighted by Gasteiger charge is -2.11. The number of carbonyl (C=O) groups is 1. The number of amides is 1. The smallest absolute Gasteiger partial charge is 0.250 e. The van der Waals surface area contributed by atoms with Gasteiger partial charge in [-0.25, -0.2) is 5.43 Å². The largest absolute Gasteiger partial charge is 0.272 e. The molecule has 0 spiro atoms. The molecule has 2 rings (SSSR count). The number of hydrazone groups is 1. The minimum absolute atomic E-state index is 0.0493. The third kappa shape index (κ3) is 5.60. The van der Waals surface area contributed by atoms with Crippen molar-refractivity contribution in [2.45, 2.75) is 37.9 Å². The van der Waals surface area contributed by atoms with Crippen LogP contribution in [0.3, 0.4) is 0 Å². The molecule has 1 aromatic carbocycles. The van der Waals surface area contributed by atoms with Crippen LogP contribution in [0.25, 0.3) is 0 Å². The third-order valence-electron chi connectivity index (χ3n) is 3.35. The molecule has 1 aromatic rings. The first-order chi connectivity index (χ1) is 10.3. The molecule has 1 amide bonds. The van der Waals surface area contributed by atoms with Crippen molar-refractivity contribution in [1.82, 2.24) is 5.43 Å². The molecule has 4 nitrogen and oxygen atoms in total. The first-order valence-corrected chi connectivity index (χ1v) is 8.34. The lowest BCUT2D eigenvalue weighted by Crippen LogP contribution is -2.22. The summed E-state index contributed by atoms with van der Waals surface area (Å²) in [4.78, 5) is 11.7. The molecule has 1 aliphatic carbocycles. The van der Waals surface area contributed by atoms with Crippen LogP contribution in [0, 0.1) is 11.3 Å². The third-order valence-corrected chi connectivity index (χ3v) is 4.36. The molecule has 1 aliphatic rings. The molecular formula is C16H19N3OS. The highest BCUT2D eigenvalue weighted by Gasteiger charge is 2.07. The molecule has 1 fully saturated rings. The second-order valence-corrected chi connectivity index (χ2v) is 6.06. The van der Waals surface area contributed by atoms with Gasteiger partial charge in [0.2, 0.25) is 5.91 Å². The normalized spacial score (nSPS) is 14.3. The molecule has 0 bridgehead atoms. The van der Waals surface area contributed by atoms with E-state index in [9.17, 15) is 4.79 Å². The van der Waals surface area contributed by atoms with Gasteiger partial charge >= 0.3 is 0 Å². The average molecular weight is 301 g/mol. The standard InChI is InChI=1S/C16H19N3OS/c17-10-13-6-8-14(9-7-13)11-21-12-16(20)19-18-15-4-2-1-3-5-15/h6-9H,1-5,11-12H2,(H,19,20). The van der Waals surface area contributed by atoms with Crippen LogP contribution in [0.15, 0.2) is 29.4 Å². The molecule has 5 heteroatoms. The summed E-state index contributed by atoms with van der Waals surface area (Å²) < 4.78 is 0. The number of benzene rings is 1. The number of nitriles is 1. The number of nitrogens with one attached hydrogen (secondary N) is 1. The van der Waals surface area contributed by atoms with Gasteiger partial charge in [-0.15, -0.1) is 11.8 Å². The summed E-state index contributed by atoms with van der Waals surface area (Å²) in [6.45, 7) is 0. The molecule has 0 saturated heterocycles. The van der Waals surface area contributed by atoms with Crippen LogP contribution in [-0.4, -0.2) is 17.4 Å². The van der Waals surface area contributed by atoms with Gasteiger partial charge in [0.05, 0.1) is 17.4 Å². The molecular weight excluding hydrogens is 282 g/mol. The predicted molar refractivity (Wildman–Crippen MR) is 86.0 cm³/mol. The Bertz CT molecular complexity index is 538. The van der Waals surface area contributed by atoms with E-state index in [4.69, 9.17) is 5.26 Å². The van der Waals surface area contributed by atoms with Crippen LogP contribution in [0.5, 0.6) is 0 Å². The lowest BCUT2D eigenvalue weighted by molar-refractivity contribution is -0.118. The highest BCUT2D eigenvalue weighted by molar-refractivity contribution is 7.99. The van der Waals surface area contributed by atoms with Crippen molar-refractivity contribution in [2.24, 2.45) is 5.10 Å². The number of thioether (sulfide) groups is 1. The topological polar surface area (TPSA) is 65.2 Å². The van der Waals surface area contributed by atoms with Crippen molar-refractivity contribution in [3.63, 3.8) is 0 Å². The maximum atomic E-state index is 11.7. The van der Waals surface area contributed by atoms with E-state index in [2.05, 4.69) is 16.6 Å². The van der Waals surface area contributed by atoms with Crippen LogP contribution >= 0.6 is 11.8 Å². The Hall–Kier alpha value is -1.80. The van der Waals surface area contributed by atoms with Gasteiger partial charge in [0.1, 0.15) is 0 Å². The monoisotopic (exact) mass is 301 g/mol. The minimum atomic E-state index is -0.0493. The first kappa shape index (κ1) is 15.6. The van der Waals surface area contributed by atoms with E-state index in [-0.39, 0.29) is 5.91 Å². The van der Waals surface area contributed by atoms with Crippen molar-refractivity contribution in [3.8, 4) is 6.07 Å². The fourth-order valence-corrected chi connectivity index (χ4v) is 2.96. The van der Waals surface area contributed by atoms with E-state index >= 15 is 0 Å². The van der Waals surface area contributed by atoms with E-state index < -0.39 is 0 Å². The van der Waals surface area contributed by atoms with Gasteiger partial charge in [0.25, 0.3) is 0 Å². The van der Waals surface area contributed by atoms with Gasteiger partial charge in [-0.1, -0.05) is 18.6 Å².